The van der Waals surface area contributed by atoms with Gasteiger partial charge < -0.3 is 8.83 Å². The van der Waals surface area contributed by atoms with Crippen molar-refractivity contribution in [2.75, 3.05) is 0 Å². The van der Waals surface area contributed by atoms with Gasteiger partial charge in [0.1, 0.15) is 55.9 Å². The van der Waals surface area contributed by atoms with Crippen LogP contribution in [-0.2, 0) is 26.2 Å². The fraction of sp³-hybridized carbons (Fsp3) is 0.0455. The van der Waals surface area contributed by atoms with Crippen LogP contribution in [0.2, 0.25) is 0 Å². The third-order valence-corrected chi connectivity index (χ3v) is 20.5. The third kappa shape index (κ3) is 9.15. The Kier molecular flexibility index (Phi) is 13.8. The van der Waals surface area contributed by atoms with Gasteiger partial charge in [-0.1, -0.05) is 170 Å². The van der Waals surface area contributed by atoms with Crippen molar-refractivity contribution >= 4 is 110 Å². The highest BCUT2D eigenvalue weighted by molar-refractivity contribution is 6.10. The average Bonchev–Trinajstić information content (AvgIpc) is 1.56. The summed E-state index contributed by atoms with van der Waals surface area (Å²) in [5.74, 6) is 0. The molecule has 488 valence electrons. The molecule has 0 unspecified atom stereocenters. The first kappa shape index (κ1) is 61.2. The largest absolute Gasteiger partial charge is 0.456 e. The number of hydrogen-bond acceptors (Lipinski definition) is 6. The topological polar surface area (TPSA) is 174 Å². The number of benzene rings is 12. The van der Waals surface area contributed by atoms with Crippen molar-refractivity contribution in [2.45, 2.75) is 26.2 Å². The summed E-state index contributed by atoms with van der Waals surface area (Å²) >= 11 is 0. The minimum atomic E-state index is 0.531. The molecule has 0 aliphatic carbocycles. The second-order valence-corrected chi connectivity index (χ2v) is 26.1. The van der Waals surface area contributed by atoms with Gasteiger partial charge in [0, 0.05) is 49.9 Å². The van der Waals surface area contributed by atoms with E-state index in [1.54, 1.807) is 48.5 Å². The summed E-state index contributed by atoms with van der Waals surface area (Å²) in [6, 6.07) is 80.6. The Morgan fingerprint density at radius 2 is 0.745 bits per heavy atom. The Bertz CT molecular complexity index is 7330. The van der Waals surface area contributed by atoms with Crippen LogP contribution < -0.4 is 18.7 Å². The molecule has 0 spiro atoms. The molecule has 6 aromatic heterocycles. The molecule has 0 atom stereocenters. The highest BCUT2D eigenvalue weighted by Crippen LogP contribution is 2.44. The second-order valence-electron chi connectivity index (χ2n) is 26.1. The summed E-state index contributed by atoms with van der Waals surface area (Å²) in [7, 11) is 0. The van der Waals surface area contributed by atoms with Gasteiger partial charge in [0.2, 0.25) is 47.5 Å². The molecule has 18 aromatic rings. The van der Waals surface area contributed by atoms with Gasteiger partial charge in [0.25, 0.3) is 0 Å². The van der Waals surface area contributed by atoms with E-state index in [4.69, 9.17) is 35.1 Å². The normalized spacial score (nSPS) is 11.9. The van der Waals surface area contributed by atoms with Gasteiger partial charge in [-0.15, -0.1) is 37.5 Å². The Labute approximate surface area is 603 Å². The van der Waals surface area contributed by atoms with E-state index >= 15 is 0 Å². The number of nitrogens with zero attached hydrogens (tertiary/aromatic N) is 16. The molecule has 12 aromatic carbocycles. The van der Waals surface area contributed by atoms with E-state index in [-0.39, 0.29) is 0 Å². The van der Waals surface area contributed by atoms with E-state index in [1.165, 1.54) is 27.8 Å². The molecule has 4 aliphatic rings. The quantitative estimate of drug-likeness (QED) is 0.123. The van der Waals surface area contributed by atoms with Gasteiger partial charge in [-0.3, -0.25) is 0 Å². The van der Waals surface area contributed by atoms with Crippen LogP contribution in [0.1, 0.15) is 44.5 Å². The summed E-state index contributed by atoms with van der Waals surface area (Å²) in [5.41, 5.74) is 24.6. The number of furan rings is 2. The molecule has 0 saturated carbocycles. The lowest BCUT2D eigenvalue weighted by molar-refractivity contribution is -0.749. The van der Waals surface area contributed by atoms with Crippen molar-refractivity contribution in [2.24, 2.45) is 0 Å². The maximum Gasteiger partial charge on any atom is 0.217 e. The van der Waals surface area contributed by atoms with Gasteiger partial charge in [-0.25, -0.2) is 19.4 Å². The molecule has 4 aliphatic heterocycles. The van der Waals surface area contributed by atoms with Crippen LogP contribution in [-0.4, -0.2) is 18.7 Å². The van der Waals surface area contributed by atoms with Crippen LogP contribution in [0.4, 0.5) is 22.7 Å². The van der Waals surface area contributed by atoms with E-state index in [9.17, 15) is 21.0 Å². The number of rotatable bonds is 2. The SMILES string of the molecule is [C-]#[N+]c1ccc(C#N)c2c[n+]3n(c12)-c1c(ccc2c1oc1ccccc12)C3.[C-]#[N+]c1ccc(C#N)c2c[n+]3n(c12)-c1c(cccc1-c1ccccc1)C3.[C-]#[N+]c1ccc(C#N)c2c[n+]3n(c12)-c1cc2oc4ccccc4c2cc1C3.[C-]#[N+]c1ccc(C#N)c2c[n+]3n(c12)-c1ccc(-c2ccccc2)cc1C3. The predicted octanol–water partition coefficient (Wildman–Crippen LogP) is 17.9. The number of fused-ring (bicyclic) bond motifs is 27. The zero-order chi connectivity index (χ0) is 71.6. The van der Waals surface area contributed by atoms with Crippen molar-refractivity contribution in [1.29, 1.82) is 21.0 Å². The first-order chi connectivity index (χ1) is 52.2. The predicted molar refractivity (Wildman–Crippen MR) is 400 cm³/mol. The van der Waals surface area contributed by atoms with Crippen molar-refractivity contribution in [3.63, 3.8) is 0 Å². The zero-order valence-electron chi connectivity index (χ0n) is 55.9. The van der Waals surface area contributed by atoms with Crippen molar-refractivity contribution in [3.8, 4) is 69.3 Å². The maximum absolute atomic E-state index is 9.49. The zero-order valence-corrected chi connectivity index (χ0v) is 55.9. The van der Waals surface area contributed by atoms with Crippen molar-refractivity contribution < 1.29 is 27.6 Å². The molecule has 0 radical (unpaired) electrons. The molecule has 0 N–H and O–H groups in total. The van der Waals surface area contributed by atoms with Crippen molar-refractivity contribution in [1.82, 2.24) is 18.7 Å². The van der Waals surface area contributed by atoms with Gasteiger partial charge >= 0.3 is 0 Å². The lowest BCUT2D eigenvalue weighted by Crippen LogP contribution is -2.36. The standard InChI is InChI=1S/2C22H11N4O.2C22H13N4/c1-24-18-9-7-13(10-23)17-12-25-11-14-6-8-16-15-4-2-3-5-19(15)27-22(16)20(14)26(25)21(17)18;1-24-18-7-6-13(10-23)17-12-25-11-14-8-16-15-4-2-3-5-20(15)27-21(16)9-19(14)26(25)22(17)18;1-24-20-11-10-16(12-23)19-14-25-13-17-8-5-9-18(15-6-3-2-4-7-15)21(17)26(25)22(19)20;1-24-20-9-7-17(12-23)19-14-25-13-18-11-16(15-5-3-2-4-6-15)8-10-21(18)26(25)22(19)20/h2*2-9,12H,11H2;2*2-11,14H,13H2/q4*+1. The summed E-state index contributed by atoms with van der Waals surface area (Å²) in [4.78, 5) is 14.7. The lowest BCUT2D eigenvalue weighted by atomic mass is 10.00. The van der Waals surface area contributed by atoms with Crippen molar-refractivity contribution in [3.05, 3.63) is 333 Å². The summed E-state index contributed by atoms with van der Waals surface area (Å²) in [5, 5.41) is 45.4. The number of nitriles is 4. The van der Waals surface area contributed by atoms with Gasteiger partial charge in [0.05, 0.1) is 99.9 Å². The van der Waals surface area contributed by atoms with Gasteiger partial charge in [-0.05, 0) is 59.2 Å². The Morgan fingerprint density at radius 3 is 1.27 bits per heavy atom. The molecular weight excluding hydrogens is 1310 g/mol. The molecule has 0 amide bonds. The number of hydrogen-bond donors (Lipinski definition) is 0. The highest BCUT2D eigenvalue weighted by Gasteiger charge is 2.37. The summed E-state index contributed by atoms with van der Waals surface area (Å²) in [6.07, 6.45) is 7.88. The van der Waals surface area contributed by atoms with Gasteiger partial charge in [0.15, 0.2) is 37.4 Å². The summed E-state index contributed by atoms with van der Waals surface area (Å²) < 4.78 is 28.8. The molecule has 0 fully saturated rings. The fourth-order valence-corrected chi connectivity index (χ4v) is 15.9. The van der Waals surface area contributed by atoms with Gasteiger partial charge in [-0.2, -0.15) is 21.0 Å². The number of aromatic nitrogens is 8. The van der Waals surface area contributed by atoms with E-state index < -0.39 is 0 Å². The minimum absolute atomic E-state index is 0.531. The van der Waals surface area contributed by atoms with Crippen LogP contribution in [0.5, 0.6) is 0 Å². The molecule has 0 saturated heterocycles. The first-order valence-corrected chi connectivity index (χ1v) is 33.9. The van der Waals surface area contributed by atoms with Crippen LogP contribution in [0, 0.1) is 71.6 Å². The monoisotopic (exact) mass is 1360 g/mol. The van der Waals surface area contributed by atoms with E-state index in [0.29, 0.717) is 58.1 Å². The molecule has 22 rings (SSSR count). The van der Waals surface area contributed by atoms with Crippen LogP contribution >= 0.6 is 0 Å². The highest BCUT2D eigenvalue weighted by atomic mass is 16.3. The average molecular weight is 1360 g/mol. The maximum atomic E-state index is 9.49. The lowest BCUT2D eigenvalue weighted by Gasteiger charge is -2.08. The minimum Gasteiger partial charge on any atom is -0.456 e. The third-order valence-electron chi connectivity index (χ3n) is 20.5. The van der Waals surface area contributed by atoms with Crippen LogP contribution in [0.15, 0.2) is 252 Å². The van der Waals surface area contributed by atoms with E-state index in [2.05, 4.69) is 163 Å². The fourth-order valence-electron chi connectivity index (χ4n) is 15.9. The molecule has 18 heteroatoms. The Balaban J connectivity index is 0.0000000967. The molecule has 18 nitrogen and oxygen atoms in total. The van der Waals surface area contributed by atoms with E-state index in [1.807, 2.05) is 113 Å². The second kappa shape index (κ2) is 23.9. The Morgan fingerprint density at radius 1 is 0.311 bits per heavy atom. The molecule has 0 bridgehead atoms. The molecule has 10 heterocycles. The summed E-state index contributed by atoms with van der Waals surface area (Å²) in [6.45, 7) is 33.0. The molecular formula is C88H48N16O2+4. The Hall–Kier alpha value is -16.0. The first-order valence-electron chi connectivity index (χ1n) is 33.9. The smallest absolute Gasteiger partial charge is 0.217 e. The van der Waals surface area contributed by atoms with E-state index in [0.717, 1.165) is 140 Å². The van der Waals surface area contributed by atoms with Crippen LogP contribution in [0.3, 0.4) is 0 Å². The molecule has 106 heavy (non-hydrogen) atoms. The number of para-hydroxylation sites is 3. The van der Waals surface area contributed by atoms with Crippen LogP contribution in [0.25, 0.3) is 152 Å².